The molecule has 1 aromatic rings. The van der Waals surface area contributed by atoms with Crippen molar-refractivity contribution in [3.05, 3.63) is 29.3 Å². The molecule has 2 heteroatoms. The first-order valence-corrected chi connectivity index (χ1v) is 7.21. The second-order valence-electron chi connectivity index (χ2n) is 5.70. The lowest BCUT2D eigenvalue weighted by Gasteiger charge is -2.28. The summed E-state index contributed by atoms with van der Waals surface area (Å²) in [6, 6.07) is 6.55. The average Bonchev–Trinajstić information content (AvgIpc) is 2.81. The molecule has 1 aliphatic carbocycles. The summed E-state index contributed by atoms with van der Waals surface area (Å²) < 4.78 is 5.60. The zero-order valence-electron chi connectivity index (χ0n) is 11.5. The molecule has 1 aliphatic heterocycles. The minimum absolute atomic E-state index is 0.705. The number of fused-ring (bicyclic) bond motifs is 3. The summed E-state index contributed by atoms with van der Waals surface area (Å²) in [4.78, 5) is 2.64. The van der Waals surface area contributed by atoms with Crippen molar-refractivity contribution in [1.82, 2.24) is 4.90 Å². The van der Waals surface area contributed by atoms with E-state index in [4.69, 9.17) is 4.74 Å². The monoisotopic (exact) mass is 245 g/mol. The van der Waals surface area contributed by atoms with E-state index in [1.807, 2.05) is 0 Å². The average molecular weight is 245 g/mol. The number of benzene rings is 1. The summed E-state index contributed by atoms with van der Waals surface area (Å²) in [5.41, 5.74) is 3.03. The van der Waals surface area contributed by atoms with Crippen molar-refractivity contribution in [1.29, 1.82) is 0 Å². The fourth-order valence-corrected chi connectivity index (χ4v) is 3.83. The van der Waals surface area contributed by atoms with Gasteiger partial charge in [-0.2, -0.15) is 0 Å². The van der Waals surface area contributed by atoms with Gasteiger partial charge in [-0.3, -0.25) is 0 Å². The maximum absolute atomic E-state index is 5.60. The Balaban J connectivity index is 1.92. The molecule has 1 aromatic carbocycles. The van der Waals surface area contributed by atoms with Crippen LogP contribution in [-0.2, 0) is 6.42 Å². The fourth-order valence-electron chi connectivity index (χ4n) is 3.83. The number of ether oxygens (including phenoxy) is 1. The van der Waals surface area contributed by atoms with Crippen LogP contribution in [0.15, 0.2) is 18.2 Å². The van der Waals surface area contributed by atoms with Gasteiger partial charge in [0.1, 0.15) is 5.75 Å². The van der Waals surface area contributed by atoms with Crippen LogP contribution < -0.4 is 4.74 Å². The van der Waals surface area contributed by atoms with Gasteiger partial charge >= 0.3 is 0 Å². The van der Waals surface area contributed by atoms with Crippen LogP contribution >= 0.6 is 0 Å². The summed E-state index contributed by atoms with van der Waals surface area (Å²) in [6.45, 7) is 6.04. The third-order valence-corrected chi connectivity index (χ3v) is 4.59. The molecule has 1 fully saturated rings. The lowest BCUT2D eigenvalue weighted by atomic mass is 9.76. The predicted octanol–water partition coefficient (Wildman–Crippen LogP) is 3.07. The number of nitrogens with zero attached hydrogens (tertiary/aromatic N) is 1. The number of hydrogen-bond acceptors (Lipinski definition) is 2. The Morgan fingerprint density at radius 2 is 2.22 bits per heavy atom. The van der Waals surface area contributed by atoms with Crippen LogP contribution in [0.25, 0.3) is 0 Å². The maximum Gasteiger partial charge on any atom is 0.122 e. The number of rotatable bonds is 3. The highest BCUT2D eigenvalue weighted by molar-refractivity contribution is 5.45. The van der Waals surface area contributed by atoms with Crippen LogP contribution in [-0.4, -0.2) is 31.6 Å². The highest BCUT2D eigenvalue weighted by atomic mass is 16.5. The summed E-state index contributed by atoms with van der Waals surface area (Å²) in [6.07, 6.45) is 3.84. The summed E-state index contributed by atoms with van der Waals surface area (Å²) in [5.74, 6) is 2.66. The van der Waals surface area contributed by atoms with E-state index in [1.165, 1.54) is 50.0 Å². The Hall–Kier alpha value is -1.02. The van der Waals surface area contributed by atoms with Crippen molar-refractivity contribution in [3.8, 4) is 5.75 Å². The van der Waals surface area contributed by atoms with Crippen molar-refractivity contribution in [2.75, 3.05) is 26.7 Å². The molecule has 3 rings (SSSR count). The van der Waals surface area contributed by atoms with Crippen LogP contribution in [0.1, 0.15) is 36.8 Å². The Morgan fingerprint density at radius 1 is 1.33 bits per heavy atom. The summed E-state index contributed by atoms with van der Waals surface area (Å²) in [5, 5.41) is 0. The predicted molar refractivity (Wildman–Crippen MR) is 74.3 cm³/mol. The second-order valence-corrected chi connectivity index (χ2v) is 5.70. The SMILES string of the molecule is CCCN1C[C@@H]2CCc3cccc(OC)c3[C@@H]2C1. The van der Waals surface area contributed by atoms with Gasteiger partial charge in [0.25, 0.3) is 0 Å². The minimum atomic E-state index is 0.705. The highest BCUT2D eigenvalue weighted by Gasteiger charge is 2.38. The van der Waals surface area contributed by atoms with Gasteiger partial charge in [0.15, 0.2) is 0 Å². The van der Waals surface area contributed by atoms with Gasteiger partial charge in [0.2, 0.25) is 0 Å². The number of methoxy groups -OCH3 is 1. The molecule has 0 aromatic heterocycles. The van der Waals surface area contributed by atoms with Gasteiger partial charge in [-0.25, -0.2) is 0 Å². The molecule has 0 bridgehead atoms. The van der Waals surface area contributed by atoms with E-state index >= 15 is 0 Å². The van der Waals surface area contributed by atoms with Crippen LogP contribution in [0.3, 0.4) is 0 Å². The quantitative estimate of drug-likeness (QED) is 0.811. The number of likely N-dealkylation sites (tertiary alicyclic amines) is 1. The number of hydrogen-bond donors (Lipinski definition) is 0. The molecule has 1 saturated heterocycles. The first-order valence-electron chi connectivity index (χ1n) is 7.21. The van der Waals surface area contributed by atoms with Crippen molar-refractivity contribution in [2.45, 2.75) is 32.1 Å². The highest BCUT2D eigenvalue weighted by Crippen LogP contribution is 2.45. The molecule has 0 saturated carbocycles. The lowest BCUT2D eigenvalue weighted by molar-refractivity contribution is 0.322. The van der Waals surface area contributed by atoms with E-state index in [-0.39, 0.29) is 0 Å². The molecule has 1 heterocycles. The fraction of sp³-hybridized carbons (Fsp3) is 0.625. The zero-order chi connectivity index (χ0) is 12.5. The van der Waals surface area contributed by atoms with Crippen LogP contribution in [0.2, 0.25) is 0 Å². The smallest absolute Gasteiger partial charge is 0.122 e. The largest absolute Gasteiger partial charge is 0.496 e. The topological polar surface area (TPSA) is 12.5 Å². The van der Waals surface area contributed by atoms with Crippen molar-refractivity contribution < 1.29 is 4.74 Å². The summed E-state index contributed by atoms with van der Waals surface area (Å²) in [7, 11) is 1.80. The van der Waals surface area contributed by atoms with E-state index < -0.39 is 0 Å². The summed E-state index contributed by atoms with van der Waals surface area (Å²) >= 11 is 0. The first-order chi connectivity index (χ1) is 8.83. The van der Waals surface area contributed by atoms with E-state index in [9.17, 15) is 0 Å². The lowest BCUT2D eigenvalue weighted by Crippen LogP contribution is -2.21. The van der Waals surface area contributed by atoms with Gasteiger partial charge in [0, 0.05) is 24.6 Å². The van der Waals surface area contributed by atoms with E-state index in [1.54, 1.807) is 7.11 Å². The molecule has 2 aliphatic rings. The van der Waals surface area contributed by atoms with Crippen molar-refractivity contribution >= 4 is 0 Å². The molecule has 2 nitrogen and oxygen atoms in total. The van der Waals surface area contributed by atoms with Crippen molar-refractivity contribution in [2.24, 2.45) is 5.92 Å². The maximum atomic E-state index is 5.60. The Morgan fingerprint density at radius 3 is 3.00 bits per heavy atom. The van der Waals surface area contributed by atoms with Gasteiger partial charge in [-0.1, -0.05) is 19.1 Å². The molecule has 0 N–H and O–H groups in total. The third kappa shape index (κ3) is 1.93. The van der Waals surface area contributed by atoms with E-state index in [0.29, 0.717) is 5.92 Å². The molecule has 18 heavy (non-hydrogen) atoms. The van der Waals surface area contributed by atoms with Crippen molar-refractivity contribution in [3.63, 3.8) is 0 Å². The molecule has 0 spiro atoms. The molecular weight excluding hydrogens is 222 g/mol. The Kier molecular flexibility index (Phi) is 3.29. The van der Waals surface area contributed by atoms with Gasteiger partial charge in [-0.05, 0) is 43.4 Å². The Bertz CT molecular complexity index is 415. The zero-order valence-corrected chi connectivity index (χ0v) is 11.5. The van der Waals surface area contributed by atoms with Gasteiger partial charge < -0.3 is 9.64 Å². The molecule has 0 amide bonds. The molecule has 0 unspecified atom stereocenters. The van der Waals surface area contributed by atoms with Gasteiger partial charge in [-0.15, -0.1) is 0 Å². The van der Waals surface area contributed by atoms with Gasteiger partial charge in [0.05, 0.1) is 7.11 Å². The molecule has 2 atom stereocenters. The van der Waals surface area contributed by atoms with Crippen LogP contribution in [0.4, 0.5) is 0 Å². The second kappa shape index (κ2) is 4.93. The minimum Gasteiger partial charge on any atom is -0.496 e. The molecule has 98 valence electrons. The van der Waals surface area contributed by atoms with Crippen LogP contribution in [0, 0.1) is 5.92 Å². The van der Waals surface area contributed by atoms with Crippen LogP contribution in [0.5, 0.6) is 5.75 Å². The molecule has 0 radical (unpaired) electrons. The molecular formula is C16H23NO. The number of aryl methyl sites for hydroxylation is 1. The normalized spacial score (nSPS) is 26.8. The third-order valence-electron chi connectivity index (χ3n) is 4.59. The van der Waals surface area contributed by atoms with E-state index in [2.05, 4.69) is 30.0 Å². The standard InChI is InChI=1S/C16H23NO/c1-3-9-17-10-13-8-7-12-5-4-6-15(18-2)16(12)14(13)11-17/h4-6,13-14H,3,7-11H2,1-2H3/t13-,14+/m0/s1. The van der Waals surface area contributed by atoms with E-state index in [0.717, 1.165) is 11.7 Å². The Labute approximate surface area is 110 Å². The first kappa shape index (κ1) is 12.0.